The second-order valence-electron chi connectivity index (χ2n) is 11.5. The van der Waals surface area contributed by atoms with Crippen LogP contribution in [0.15, 0.2) is 42.7 Å². The third-order valence-corrected chi connectivity index (χ3v) is 8.20. The van der Waals surface area contributed by atoms with Crippen LogP contribution in [0, 0.1) is 23.7 Å². The van der Waals surface area contributed by atoms with Gasteiger partial charge in [0.25, 0.3) is 0 Å². The number of ether oxygens (including phenoxy) is 1. The van der Waals surface area contributed by atoms with Crippen molar-refractivity contribution in [3.63, 3.8) is 0 Å². The summed E-state index contributed by atoms with van der Waals surface area (Å²) in [5.74, 6) is 7.09. The van der Waals surface area contributed by atoms with Gasteiger partial charge in [-0.2, -0.15) is 0 Å². The molecule has 0 bridgehead atoms. The van der Waals surface area contributed by atoms with Gasteiger partial charge < -0.3 is 19.7 Å². The highest BCUT2D eigenvalue weighted by Crippen LogP contribution is 2.29. The van der Waals surface area contributed by atoms with Gasteiger partial charge in [-0.1, -0.05) is 17.9 Å². The van der Waals surface area contributed by atoms with Crippen LogP contribution in [0.3, 0.4) is 0 Å². The lowest BCUT2D eigenvalue weighted by atomic mass is 9.83. The molecule has 2 fully saturated rings. The number of carbonyl (C=O) groups is 3. The van der Waals surface area contributed by atoms with Gasteiger partial charge >= 0.3 is 0 Å². The van der Waals surface area contributed by atoms with E-state index in [1.807, 2.05) is 17.0 Å². The number of alkyl halides is 1. The normalized spacial score (nSPS) is 18.0. The first-order valence-corrected chi connectivity index (χ1v) is 15.2. The van der Waals surface area contributed by atoms with Crippen LogP contribution in [0.4, 0.5) is 4.39 Å². The van der Waals surface area contributed by atoms with Crippen molar-refractivity contribution < 1.29 is 23.5 Å². The number of nitrogens with zero attached hydrogens (tertiary/aromatic N) is 2. The van der Waals surface area contributed by atoms with E-state index in [2.05, 4.69) is 22.1 Å². The Balaban J connectivity index is 1.38. The predicted octanol–water partition coefficient (Wildman–Crippen LogP) is 4.87. The van der Waals surface area contributed by atoms with Gasteiger partial charge in [-0.05, 0) is 93.8 Å². The summed E-state index contributed by atoms with van der Waals surface area (Å²) in [5, 5.41) is 3.37. The molecule has 0 spiro atoms. The maximum Gasteiger partial charge on any atom is 0.222 e. The molecule has 42 heavy (non-hydrogen) atoms. The monoisotopic (exact) mass is 575 g/mol. The SMILES string of the molecule is CC(=O)C[C@H](CC(=O)[C@@H]1CCCN(C(=O)CCC2CCNCC2)C1)c1cncc(C#Cc2cccc(OCCF)c2)c1. The molecule has 3 heterocycles. The van der Waals surface area contributed by atoms with Crippen LogP contribution in [0.1, 0.15) is 80.9 Å². The number of nitrogens with one attached hydrogen (secondary N) is 1. The van der Waals surface area contributed by atoms with Crippen molar-refractivity contribution in [3.05, 3.63) is 59.4 Å². The molecule has 0 saturated carbocycles. The molecule has 0 radical (unpaired) electrons. The van der Waals surface area contributed by atoms with Gasteiger partial charge in [0.2, 0.25) is 5.91 Å². The van der Waals surface area contributed by atoms with Crippen molar-refractivity contribution in [1.82, 2.24) is 15.2 Å². The lowest BCUT2D eigenvalue weighted by Gasteiger charge is -2.33. The molecule has 1 amide bonds. The average molecular weight is 576 g/mol. The number of pyridine rings is 1. The lowest BCUT2D eigenvalue weighted by Crippen LogP contribution is -2.42. The molecule has 8 heteroatoms. The minimum atomic E-state index is -0.561. The summed E-state index contributed by atoms with van der Waals surface area (Å²) < 4.78 is 17.8. The van der Waals surface area contributed by atoms with Crippen LogP contribution in [0.25, 0.3) is 0 Å². The van der Waals surface area contributed by atoms with Gasteiger partial charge in [0.05, 0.1) is 0 Å². The number of carbonyl (C=O) groups excluding carboxylic acids is 3. The molecule has 1 N–H and O–H groups in total. The first kappa shape index (κ1) is 31.4. The van der Waals surface area contributed by atoms with Crippen molar-refractivity contribution in [2.45, 2.75) is 64.2 Å². The van der Waals surface area contributed by atoms with Crippen molar-refractivity contribution in [2.75, 3.05) is 39.5 Å². The second-order valence-corrected chi connectivity index (χ2v) is 11.5. The molecule has 0 aliphatic carbocycles. The number of aromatic nitrogens is 1. The van der Waals surface area contributed by atoms with Crippen molar-refractivity contribution in [3.8, 4) is 17.6 Å². The van der Waals surface area contributed by atoms with Gasteiger partial charge in [0.1, 0.15) is 30.6 Å². The number of hydrogen-bond donors (Lipinski definition) is 1. The highest BCUT2D eigenvalue weighted by molar-refractivity contribution is 5.85. The zero-order chi connectivity index (χ0) is 29.7. The van der Waals surface area contributed by atoms with Crippen LogP contribution < -0.4 is 10.1 Å². The van der Waals surface area contributed by atoms with Crippen LogP contribution in [0.5, 0.6) is 5.75 Å². The predicted molar refractivity (Wildman–Crippen MR) is 160 cm³/mol. The van der Waals surface area contributed by atoms with Crippen LogP contribution >= 0.6 is 0 Å². The number of hydrogen-bond acceptors (Lipinski definition) is 6. The van der Waals surface area contributed by atoms with E-state index in [-0.39, 0.29) is 48.8 Å². The standard InChI is InChI=1S/C34H42FN3O4/c1-25(39)18-30(31-19-28(22-37-23-31)8-7-27-4-2-6-32(20-27)42-17-13-35)21-33(40)29-5-3-16-38(24-29)34(41)10-9-26-11-14-36-15-12-26/h2,4,6,19-20,22-23,26,29-30,36H,3,5,9-18,21,24H2,1H3/t29-,30-/m1/s1. The van der Waals surface area contributed by atoms with Crippen molar-refractivity contribution in [1.29, 1.82) is 0 Å². The fraction of sp³-hybridized carbons (Fsp3) is 0.529. The van der Waals surface area contributed by atoms with E-state index in [1.165, 1.54) is 6.92 Å². The minimum absolute atomic E-state index is 0.00713. The Bertz CT molecular complexity index is 1280. The van der Waals surface area contributed by atoms with Crippen molar-refractivity contribution >= 4 is 17.5 Å². The summed E-state index contributed by atoms with van der Waals surface area (Å²) in [6.07, 6.45) is 9.12. The molecule has 2 aromatic rings. The molecular formula is C34H42FN3O4. The van der Waals surface area contributed by atoms with Gasteiger partial charge in [0.15, 0.2) is 0 Å². The maximum atomic E-state index is 13.5. The molecule has 0 unspecified atom stereocenters. The number of amides is 1. The zero-order valence-electron chi connectivity index (χ0n) is 24.6. The fourth-order valence-corrected chi connectivity index (χ4v) is 5.90. The van der Waals surface area contributed by atoms with Gasteiger partial charge in [-0.25, -0.2) is 4.39 Å². The molecule has 1 aromatic heterocycles. The molecule has 4 rings (SSSR count). The van der Waals surface area contributed by atoms with Gasteiger partial charge in [-0.15, -0.1) is 0 Å². The molecule has 2 aliphatic heterocycles. The molecule has 7 nitrogen and oxygen atoms in total. The summed E-state index contributed by atoms with van der Waals surface area (Å²) in [4.78, 5) is 44.9. The molecule has 224 valence electrons. The first-order valence-electron chi connectivity index (χ1n) is 15.2. The minimum Gasteiger partial charge on any atom is -0.491 e. The Hall–Kier alpha value is -3.57. The fourth-order valence-electron chi connectivity index (χ4n) is 5.90. The Morgan fingerprint density at radius 2 is 1.90 bits per heavy atom. The number of ketones is 2. The summed E-state index contributed by atoms with van der Waals surface area (Å²) >= 11 is 0. The lowest BCUT2D eigenvalue weighted by molar-refractivity contribution is -0.135. The van der Waals surface area contributed by atoms with E-state index < -0.39 is 6.67 Å². The van der Waals surface area contributed by atoms with E-state index in [0.717, 1.165) is 56.3 Å². The van der Waals surface area contributed by atoms with Gasteiger partial charge in [-0.3, -0.25) is 14.6 Å². The van der Waals surface area contributed by atoms with E-state index in [4.69, 9.17) is 4.74 Å². The highest BCUT2D eigenvalue weighted by Gasteiger charge is 2.30. The molecule has 2 atom stereocenters. The van der Waals surface area contributed by atoms with E-state index >= 15 is 0 Å². The Kier molecular flexibility index (Phi) is 12.1. The number of halogens is 1. The number of rotatable bonds is 12. The van der Waals surface area contributed by atoms with E-state index in [0.29, 0.717) is 36.7 Å². The van der Waals surface area contributed by atoms with E-state index in [9.17, 15) is 18.8 Å². The number of likely N-dealkylation sites (tertiary alicyclic amines) is 1. The Morgan fingerprint density at radius 3 is 2.69 bits per heavy atom. The number of benzene rings is 1. The van der Waals surface area contributed by atoms with Crippen molar-refractivity contribution in [2.24, 2.45) is 11.8 Å². The van der Waals surface area contributed by atoms with Crippen LogP contribution in [-0.2, 0) is 14.4 Å². The molecule has 2 aliphatic rings. The first-order chi connectivity index (χ1) is 20.4. The summed E-state index contributed by atoms with van der Waals surface area (Å²) in [5.41, 5.74) is 2.20. The third kappa shape index (κ3) is 9.77. The molecular weight excluding hydrogens is 533 g/mol. The highest BCUT2D eigenvalue weighted by atomic mass is 19.1. The van der Waals surface area contributed by atoms with Gasteiger partial charge in [0, 0.05) is 61.8 Å². The summed E-state index contributed by atoms with van der Waals surface area (Å²) in [7, 11) is 0. The quantitative estimate of drug-likeness (QED) is 0.364. The largest absolute Gasteiger partial charge is 0.491 e. The maximum absolute atomic E-state index is 13.5. The Morgan fingerprint density at radius 1 is 1.10 bits per heavy atom. The third-order valence-electron chi connectivity index (χ3n) is 8.20. The van der Waals surface area contributed by atoms with E-state index in [1.54, 1.807) is 30.6 Å². The Labute approximate surface area is 248 Å². The van der Waals surface area contributed by atoms with Crippen LogP contribution in [-0.4, -0.2) is 66.8 Å². The smallest absolute Gasteiger partial charge is 0.222 e. The second kappa shape index (κ2) is 16.2. The zero-order valence-corrected chi connectivity index (χ0v) is 24.6. The summed E-state index contributed by atoms with van der Waals surface area (Å²) in [6, 6.07) is 9.04. The number of piperidine rings is 2. The number of Topliss-reactive ketones (excluding diaryl/α,β-unsaturated/α-hetero) is 2. The molecule has 2 saturated heterocycles. The molecule has 1 aromatic carbocycles. The topological polar surface area (TPSA) is 88.6 Å². The summed E-state index contributed by atoms with van der Waals surface area (Å²) in [6.45, 7) is 4.20. The van der Waals surface area contributed by atoms with Crippen LogP contribution in [0.2, 0.25) is 0 Å². The average Bonchev–Trinajstić information content (AvgIpc) is 3.02.